The fourth-order valence-electron chi connectivity index (χ4n) is 3.42. The highest BCUT2D eigenvalue weighted by Gasteiger charge is 2.18. The average Bonchev–Trinajstić information content (AvgIpc) is 3.24. The summed E-state index contributed by atoms with van der Waals surface area (Å²) in [5, 5.41) is 5.25. The molecule has 0 radical (unpaired) electrons. The Balaban J connectivity index is 1.67. The summed E-state index contributed by atoms with van der Waals surface area (Å²) in [5.74, 6) is 0.495. The number of thioether (sulfide) groups is 1. The van der Waals surface area contributed by atoms with Gasteiger partial charge < -0.3 is 10.1 Å². The molecule has 0 fully saturated rings. The quantitative estimate of drug-likeness (QED) is 0.316. The molecule has 4 aromatic rings. The van der Waals surface area contributed by atoms with Gasteiger partial charge in [-0.05, 0) is 67.1 Å². The minimum atomic E-state index is -0.203. The number of amides is 1. The van der Waals surface area contributed by atoms with Crippen LogP contribution in [0.15, 0.2) is 57.8 Å². The molecule has 32 heavy (non-hydrogen) atoms. The number of aryl methyl sites for hydroxylation is 2. The minimum absolute atomic E-state index is 0.101. The van der Waals surface area contributed by atoms with Crippen molar-refractivity contribution in [1.82, 2.24) is 9.55 Å². The van der Waals surface area contributed by atoms with Gasteiger partial charge in [0, 0.05) is 0 Å². The Morgan fingerprint density at radius 2 is 2.00 bits per heavy atom. The van der Waals surface area contributed by atoms with Gasteiger partial charge in [0.15, 0.2) is 5.16 Å². The highest BCUT2D eigenvalue weighted by molar-refractivity contribution is 7.99. The predicted octanol–water partition coefficient (Wildman–Crippen LogP) is 5.11. The lowest BCUT2D eigenvalue weighted by Gasteiger charge is -2.15. The van der Waals surface area contributed by atoms with Crippen LogP contribution in [0.1, 0.15) is 16.7 Å². The van der Waals surface area contributed by atoms with E-state index in [4.69, 9.17) is 9.72 Å². The van der Waals surface area contributed by atoms with Crippen LogP contribution in [0, 0.1) is 20.8 Å². The van der Waals surface area contributed by atoms with Crippen molar-refractivity contribution in [3.05, 3.63) is 74.9 Å². The van der Waals surface area contributed by atoms with Crippen molar-refractivity contribution >= 4 is 44.9 Å². The number of rotatable bonds is 6. The van der Waals surface area contributed by atoms with E-state index in [1.54, 1.807) is 11.7 Å². The first-order chi connectivity index (χ1) is 15.4. The van der Waals surface area contributed by atoms with Crippen molar-refractivity contribution in [3.8, 4) is 11.4 Å². The summed E-state index contributed by atoms with van der Waals surface area (Å²) in [6, 6.07) is 13.3. The molecule has 2 aromatic heterocycles. The van der Waals surface area contributed by atoms with Gasteiger partial charge in [0.1, 0.15) is 10.4 Å². The maximum absolute atomic E-state index is 13.3. The zero-order valence-electron chi connectivity index (χ0n) is 18.3. The van der Waals surface area contributed by atoms with Crippen LogP contribution in [0.2, 0.25) is 0 Å². The normalized spacial score (nSPS) is 11.0. The second kappa shape index (κ2) is 9.18. The first-order valence-corrected chi connectivity index (χ1v) is 11.9. The van der Waals surface area contributed by atoms with Gasteiger partial charge in [0.05, 0.1) is 29.8 Å². The van der Waals surface area contributed by atoms with Crippen molar-refractivity contribution < 1.29 is 9.53 Å². The van der Waals surface area contributed by atoms with Gasteiger partial charge in [-0.25, -0.2) is 4.98 Å². The number of hydrogen-bond donors (Lipinski definition) is 1. The van der Waals surface area contributed by atoms with Gasteiger partial charge in [-0.15, -0.1) is 11.3 Å². The van der Waals surface area contributed by atoms with E-state index in [-0.39, 0.29) is 17.2 Å². The van der Waals surface area contributed by atoms with Gasteiger partial charge in [0.2, 0.25) is 5.91 Å². The maximum Gasteiger partial charge on any atom is 0.276 e. The number of benzene rings is 2. The summed E-state index contributed by atoms with van der Waals surface area (Å²) in [7, 11) is 1.57. The molecular formula is C24H23N3O3S2. The number of ether oxygens (including phenoxy) is 1. The number of aromatic nitrogens is 2. The summed E-state index contributed by atoms with van der Waals surface area (Å²) in [6.07, 6.45) is 0. The zero-order valence-corrected chi connectivity index (χ0v) is 19.9. The molecule has 2 aromatic carbocycles. The third-order valence-corrected chi connectivity index (χ3v) is 7.06. The van der Waals surface area contributed by atoms with Crippen LogP contribution in [-0.2, 0) is 4.79 Å². The Kier molecular flexibility index (Phi) is 6.34. The van der Waals surface area contributed by atoms with E-state index in [1.165, 1.54) is 23.1 Å². The fourth-order valence-corrected chi connectivity index (χ4v) is 4.98. The molecule has 1 N–H and O–H groups in total. The number of hydrogen-bond acceptors (Lipinski definition) is 6. The molecule has 1 amide bonds. The van der Waals surface area contributed by atoms with Crippen LogP contribution in [0.3, 0.4) is 0 Å². The molecule has 6 nitrogen and oxygen atoms in total. The van der Waals surface area contributed by atoms with Crippen LogP contribution < -0.4 is 15.6 Å². The highest BCUT2D eigenvalue weighted by atomic mass is 32.2. The molecule has 0 saturated carbocycles. The average molecular weight is 466 g/mol. The van der Waals surface area contributed by atoms with E-state index in [1.807, 2.05) is 68.6 Å². The first kappa shape index (κ1) is 22.1. The number of nitrogens with zero attached hydrogens (tertiary/aromatic N) is 2. The van der Waals surface area contributed by atoms with Crippen LogP contribution in [-0.4, -0.2) is 28.3 Å². The molecule has 0 aliphatic rings. The van der Waals surface area contributed by atoms with Crippen molar-refractivity contribution in [1.29, 1.82) is 0 Å². The standard InChI is InChI=1S/C24H23N3O3S2/c1-14-8-9-20(30-4)18(12-14)25-21(28)13-32-24-26-17-10-11-31-22(17)23(29)27(24)19-7-5-6-15(2)16(19)3/h5-12H,13H2,1-4H3,(H,25,28). The summed E-state index contributed by atoms with van der Waals surface area (Å²) >= 11 is 2.61. The van der Waals surface area contributed by atoms with Crippen molar-refractivity contribution in [2.75, 3.05) is 18.2 Å². The topological polar surface area (TPSA) is 73.2 Å². The van der Waals surface area contributed by atoms with Crippen molar-refractivity contribution in [3.63, 3.8) is 0 Å². The van der Waals surface area contributed by atoms with E-state index >= 15 is 0 Å². The maximum atomic E-state index is 13.3. The molecular weight excluding hydrogens is 442 g/mol. The number of methoxy groups -OCH3 is 1. The van der Waals surface area contributed by atoms with E-state index < -0.39 is 0 Å². The molecule has 0 atom stereocenters. The van der Waals surface area contributed by atoms with E-state index in [0.29, 0.717) is 26.8 Å². The predicted molar refractivity (Wildman–Crippen MR) is 132 cm³/mol. The van der Waals surface area contributed by atoms with Gasteiger partial charge >= 0.3 is 0 Å². The third kappa shape index (κ3) is 4.28. The first-order valence-electron chi connectivity index (χ1n) is 10.0. The van der Waals surface area contributed by atoms with Crippen LogP contribution in [0.4, 0.5) is 5.69 Å². The molecule has 0 spiro atoms. The summed E-state index contributed by atoms with van der Waals surface area (Å²) < 4.78 is 7.56. The lowest BCUT2D eigenvalue weighted by Crippen LogP contribution is -2.23. The summed E-state index contributed by atoms with van der Waals surface area (Å²) in [5.41, 5.74) is 5.02. The number of fused-ring (bicyclic) bond motifs is 1. The van der Waals surface area contributed by atoms with Gasteiger partial charge in [-0.3, -0.25) is 14.2 Å². The van der Waals surface area contributed by atoms with Crippen LogP contribution in [0.5, 0.6) is 5.75 Å². The molecule has 0 aliphatic carbocycles. The van der Waals surface area contributed by atoms with Gasteiger partial charge in [-0.2, -0.15) is 0 Å². The van der Waals surface area contributed by atoms with E-state index in [9.17, 15) is 9.59 Å². The lowest BCUT2D eigenvalue weighted by molar-refractivity contribution is -0.113. The Labute approximate surface area is 194 Å². The molecule has 8 heteroatoms. The molecule has 4 rings (SSSR count). The Bertz CT molecular complexity index is 1370. The molecule has 2 heterocycles. The number of anilines is 1. The van der Waals surface area contributed by atoms with Crippen LogP contribution >= 0.6 is 23.1 Å². The number of carbonyl (C=O) groups is 1. The Hall–Kier alpha value is -3.10. The second-order valence-corrected chi connectivity index (χ2v) is 9.29. The second-order valence-electron chi connectivity index (χ2n) is 7.43. The Morgan fingerprint density at radius 3 is 2.78 bits per heavy atom. The summed E-state index contributed by atoms with van der Waals surface area (Å²) in [4.78, 5) is 30.8. The molecule has 164 valence electrons. The molecule has 0 bridgehead atoms. The molecule has 0 unspecified atom stereocenters. The SMILES string of the molecule is COc1ccc(C)cc1NC(=O)CSc1nc2ccsc2c(=O)n1-c1cccc(C)c1C. The summed E-state index contributed by atoms with van der Waals surface area (Å²) in [6.45, 7) is 5.95. The van der Waals surface area contributed by atoms with E-state index in [2.05, 4.69) is 5.32 Å². The minimum Gasteiger partial charge on any atom is -0.495 e. The number of nitrogens with one attached hydrogen (secondary N) is 1. The smallest absolute Gasteiger partial charge is 0.276 e. The van der Waals surface area contributed by atoms with Crippen molar-refractivity contribution in [2.45, 2.75) is 25.9 Å². The third-order valence-electron chi connectivity index (χ3n) is 5.23. The lowest BCUT2D eigenvalue weighted by atomic mass is 10.1. The molecule has 0 aliphatic heterocycles. The van der Waals surface area contributed by atoms with Gasteiger partial charge in [0.25, 0.3) is 5.56 Å². The Morgan fingerprint density at radius 1 is 1.19 bits per heavy atom. The zero-order chi connectivity index (χ0) is 22.8. The van der Waals surface area contributed by atoms with Crippen molar-refractivity contribution in [2.24, 2.45) is 0 Å². The van der Waals surface area contributed by atoms with E-state index in [0.717, 1.165) is 22.4 Å². The fraction of sp³-hybridized carbons (Fsp3) is 0.208. The van der Waals surface area contributed by atoms with Crippen LogP contribution in [0.25, 0.3) is 15.9 Å². The number of carbonyl (C=O) groups excluding carboxylic acids is 1. The monoisotopic (exact) mass is 465 g/mol. The van der Waals surface area contributed by atoms with Gasteiger partial charge in [-0.1, -0.05) is 30.0 Å². The molecule has 0 saturated heterocycles. The largest absolute Gasteiger partial charge is 0.495 e. The highest BCUT2D eigenvalue weighted by Crippen LogP contribution is 2.28. The number of thiophene rings is 1.